The number of hydrogen-bond donors (Lipinski definition) is 1. The fourth-order valence-corrected chi connectivity index (χ4v) is 3.26. The third kappa shape index (κ3) is 3.33. The molecular weight excluding hydrogens is 250 g/mol. The summed E-state index contributed by atoms with van der Waals surface area (Å²) in [6, 6.07) is 8.54. The third-order valence-corrected chi connectivity index (χ3v) is 4.58. The minimum absolute atomic E-state index is 0.161. The average molecular weight is 277 g/mol. The van der Waals surface area contributed by atoms with Crippen LogP contribution in [-0.4, -0.2) is 35.7 Å². The van der Waals surface area contributed by atoms with Crippen molar-refractivity contribution in [2.45, 2.75) is 57.7 Å². The van der Waals surface area contributed by atoms with Crippen molar-refractivity contribution < 1.29 is 9.84 Å². The number of aliphatic hydroxyl groups excluding tert-OH is 1. The summed E-state index contributed by atoms with van der Waals surface area (Å²) in [5.74, 6) is 0.831. The molecule has 1 aliphatic heterocycles. The summed E-state index contributed by atoms with van der Waals surface area (Å²) in [6.45, 7) is 5.49. The van der Waals surface area contributed by atoms with Crippen LogP contribution in [0.25, 0.3) is 0 Å². The molecule has 3 nitrogen and oxygen atoms in total. The van der Waals surface area contributed by atoms with Crippen LogP contribution in [0.5, 0.6) is 5.75 Å². The van der Waals surface area contributed by atoms with E-state index in [1.807, 2.05) is 24.3 Å². The van der Waals surface area contributed by atoms with Gasteiger partial charge in [-0.05, 0) is 50.4 Å². The van der Waals surface area contributed by atoms with Gasteiger partial charge in [0.05, 0.1) is 13.2 Å². The lowest BCUT2D eigenvalue weighted by Gasteiger charge is -2.41. The largest absolute Gasteiger partial charge is 0.497 e. The van der Waals surface area contributed by atoms with Gasteiger partial charge in [-0.3, -0.25) is 4.90 Å². The van der Waals surface area contributed by atoms with Gasteiger partial charge in [-0.1, -0.05) is 25.5 Å². The van der Waals surface area contributed by atoms with Crippen molar-refractivity contribution in [3.05, 3.63) is 29.8 Å². The smallest absolute Gasteiger partial charge is 0.118 e. The molecule has 1 aliphatic rings. The molecule has 1 fully saturated rings. The van der Waals surface area contributed by atoms with Crippen molar-refractivity contribution in [2.75, 3.05) is 13.7 Å². The van der Waals surface area contributed by atoms with Gasteiger partial charge >= 0.3 is 0 Å². The minimum Gasteiger partial charge on any atom is -0.497 e. The number of ether oxygens (including phenoxy) is 1. The SMILES string of the molecule is CCC1CCCCN1C(C)C(O)c1ccc(OC)cc1. The molecule has 0 bridgehead atoms. The van der Waals surface area contributed by atoms with Crippen molar-refractivity contribution >= 4 is 0 Å². The fraction of sp³-hybridized carbons (Fsp3) is 0.647. The Balaban J connectivity index is 2.07. The molecule has 0 radical (unpaired) electrons. The highest BCUT2D eigenvalue weighted by Gasteiger charge is 2.29. The van der Waals surface area contributed by atoms with E-state index in [-0.39, 0.29) is 6.04 Å². The molecule has 0 aromatic heterocycles. The molecule has 0 aliphatic carbocycles. The second kappa shape index (κ2) is 7.09. The van der Waals surface area contributed by atoms with Crippen LogP contribution in [0.2, 0.25) is 0 Å². The first-order chi connectivity index (χ1) is 9.67. The molecule has 2 rings (SSSR count). The Morgan fingerprint density at radius 1 is 1.30 bits per heavy atom. The summed E-state index contributed by atoms with van der Waals surface area (Å²) in [5, 5.41) is 10.6. The van der Waals surface area contributed by atoms with E-state index in [1.165, 1.54) is 25.7 Å². The molecule has 1 aromatic carbocycles. The Bertz CT molecular complexity index is 404. The summed E-state index contributed by atoms with van der Waals surface area (Å²) < 4.78 is 5.17. The predicted molar refractivity (Wildman–Crippen MR) is 82.1 cm³/mol. The maximum absolute atomic E-state index is 10.6. The summed E-state index contributed by atoms with van der Waals surface area (Å²) in [4.78, 5) is 2.48. The third-order valence-electron chi connectivity index (χ3n) is 4.58. The van der Waals surface area contributed by atoms with E-state index in [2.05, 4.69) is 18.7 Å². The molecule has 1 N–H and O–H groups in total. The molecule has 0 amide bonds. The first-order valence-electron chi connectivity index (χ1n) is 7.75. The zero-order valence-corrected chi connectivity index (χ0v) is 12.9. The highest BCUT2D eigenvalue weighted by atomic mass is 16.5. The zero-order chi connectivity index (χ0) is 14.5. The molecule has 3 atom stereocenters. The van der Waals surface area contributed by atoms with E-state index in [0.717, 1.165) is 17.9 Å². The van der Waals surface area contributed by atoms with E-state index in [0.29, 0.717) is 6.04 Å². The van der Waals surface area contributed by atoms with Gasteiger partial charge in [-0.15, -0.1) is 0 Å². The monoisotopic (exact) mass is 277 g/mol. The highest BCUT2D eigenvalue weighted by molar-refractivity contribution is 5.29. The molecular formula is C17H27NO2. The number of methoxy groups -OCH3 is 1. The molecule has 3 heteroatoms. The Morgan fingerprint density at radius 2 is 2.00 bits per heavy atom. The first kappa shape index (κ1) is 15.3. The summed E-state index contributed by atoms with van der Waals surface area (Å²) >= 11 is 0. The van der Waals surface area contributed by atoms with Crippen LogP contribution in [0.3, 0.4) is 0 Å². The van der Waals surface area contributed by atoms with Crippen molar-refractivity contribution in [1.29, 1.82) is 0 Å². The Morgan fingerprint density at radius 3 is 2.60 bits per heavy atom. The Labute approximate surface area is 122 Å². The molecule has 0 spiro atoms. The van der Waals surface area contributed by atoms with Gasteiger partial charge in [0.2, 0.25) is 0 Å². The van der Waals surface area contributed by atoms with E-state index in [4.69, 9.17) is 4.74 Å². The Hall–Kier alpha value is -1.06. The molecule has 0 saturated carbocycles. The maximum atomic E-state index is 10.6. The van der Waals surface area contributed by atoms with Crippen molar-refractivity contribution in [3.63, 3.8) is 0 Å². The molecule has 20 heavy (non-hydrogen) atoms. The lowest BCUT2D eigenvalue weighted by molar-refractivity contribution is 0.0142. The Kier molecular flexibility index (Phi) is 5.44. The van der Waals surface area contributed by atoms with Crippen molar-refractivity contribution in [3.8, 4) is 5.75 Å². The number of benzene rings is 1. The van der Waals surface area contributed by atoms with E-state index >= 15 is 0 Å². The number of nitrogens with zero attached hydrogens (tertiary/aromatic N) is 1. The minimum atomic E-state index is -0.437. The van der Waals surface area contributed by atoms with Gasteiger partial charge in [-0.25, -0.2) is 0 Å². The van der Waals surface area contributed by atoms with E-state index < -0.39 is 6.10 Å². The van der Waals surface area contributed by atoms with Crippen LogP contribution in [0.4, 0.5) is 0 Å². The standard InChI is InChI=1S/C17H27NO2/c1-4-15-7-5-6-12-18(15)13(2)17(19)14-8-10-16(20-3)11-9-14/h8-11,13,15,17,19H,4-7,12H2,1-3H3. The van der Waals surface area contributed by atoms with Crippen LogP contribution in [-0.2, 0) is 0 Å². The summed E-state index contributed by atoms with van der Waals surface area (Å²) in [7, 11) is 1.66. The van der Waals surface area contributed by atoms with Crippen LogP contribution < -0.4 is 4.74 Å². The molecule has 1 aromatic rings. The van der Waals surface area contributed by atoms with Gasteiger partial charge < -0.3 is 9.84 Å². The highest BCUT2D eigenvalue weighted by Crippen LogP contribution is 2.29. The van der Waals surface area contributed by atoms with Gasteiger partial charge in [0.25, 0.3) is 0 Å². The second-order valence-electron chi connectivity index (χ2n) is 5.75. The van der Waals surface area contributed by atoms with Gasteiger partial charge in [0, 0.05) is 12.1 Å². The average Bonchev–Trinajstić information content (AvgIpc) is 2.53. The van der Waals surface area contributed by atoms with Gasteiger partial charge in [0.1, 0.15) is 5.75 Å². The molecule has 1 heterocycles. The fourth-order valence-electron chi connectivity index (χ4n) is 3.26. The number of rotatable bonds is 5. The van der Waals surface area contributed by atoms with Crippen molar-refractivity contribution in [2.24, 2.45) is 0 Å². The summed E-state index contributed by atoms with van der Waals surface area (Å²) in [5.41, 5.74) is 0.971. The van der Waals surface area contributed by atoms with Crippen LogP contribution in [0, 0.1) is 0 Å². The lowest BCUT2D eigenvalue weighted by Crippen LogP contribution is -2.47. The maximum Gasteiger partial charge on any atom is 0.118 e. The molecule has 112 valence electrons. The second-order valence-corrected chi connectivity index (χ2v) is 5.75. The van der Waals surface area contributed by atoms with Crippen LogP contribution in [0.1, 0.15) is 51.2 Å². The normalized spacial score (nSPS) is 23.3. The quantitative estimate of drug-likeness (QED) is 0.895. The van der Waals surface area contributed by atoms with Crippen LogP contribution >= 0.6 is 0 Å². The summed E-state index contributed by atoms with van der Waals surface area (Å²) in [6.07, 6.45) is 4.56. The van der Waals surface area contributed by atoms with Gasteiger partial charge in [0.15, 0.2) is 0 Å². The molecule has 3 unspecified atom stereocenters. The predicted octanol–water partition coefficient (Wildman–Crippen LogP) is 3.38. The first-order valence-corrected chi connectivity index (χ1v) is 7.75. The number of aliphatic hydroxyl groups is 1. The topological polar surface area (TPSA) is 32.7 Å². The van der Waals surface area contributed by atoms with E-state index in [9.17, 15) is 5.11 Å². The van der Waals surface area contributed by atoms with Crippen LogP contribution in [0.15, 0.2) is 24.3 Å². The number of hydrogen-bond acceptors (Lipinski definition) is 3. The van der Waals surface area contributed by atoms with Gasteiger partial charge in [-0.2, -0.15) is 0 Å². The van der Waals surface area contributed by atoms with Crippen molar-refractivity contribution in [1.82, 2.24) is 4.90 Å². The lowest BCUT2D eigenvalue weighted by atomic mass is 9.94. The number of likely N-dealkylation sites (tertiary alicyclic amines) is 1. The number of piperidine rings is 1. The molecule has 1 saturated heterocycles. The van der Waals surface area contributed by atoms with E-state index in [1.54, 1.807) is 7.11 Å². The zero-order valence-electron chi connectivity index (χ0n) is 12.9.